The summed E-state index contributed by atoms with van der Waals surface area (Å²) < 4.78 is 5.10. The Labute approximate surface area is 158 Å². The molecule has 0 aromatic rings. The van der Waals surface area contributed by atoms with E-state index in [1.165, 1.54) is 20.0 Å². The standard InChI is InChI=1S/C21H37NO4/c1-13(14-9-10-15-17(23)8-7-11-21(14,15)4)12-16-18(19(24)25-6)20(2,3)26-22(16)5/h13-18,23H,7-12H2,1-6H3/t13-,14-,15-,16+,17+,18-,21-/m1/s1. The molecule has 1 saturated heterocycles. The minimum atomic E-state index is -0.546. The number of carbonyl (C=O) groups excluding carboxylic acids is 1. The van der Waals surface area contributed by atoms with Gasteiger partial charge < -0.3 is 9.84 Å². The van der Waals surface area contributed by atoms with Crippen LogP contribution in [-0.2, 0) is 14.4 Å². The van der Waals surface area contributed by atoms with Crippen molar-refractivity contribution in [2.45, 2.75) is 84.0 Å². The van der Waals surface area contributed by atoms with Gasteiger partial charge >= 0.3 is 5.97 Å². The van der Waals surface area contributed by atoms with Gasteiger partial charge in [0.15, 0.2) is 0 Å². The third-order valence-electron chi connectivity index (χ3n) is 7.90. The van der Waals surface area contributed by atoms with E-state index >= 15 is 0 Å². The molecule has 5 heteroatoms. The molecule has 2 saturated carbocycles. The van der Waals surface area contributed by atoms with Crippen molar-refractivity contribution in [2.75, 3.05) is 14.2 Å². The fourth-order valence-electron chi connectivity index (χ4n) is 6.69. The molecule has 3 aliphatic rings. The summed E-state index contributed by atoms with van der Waals surface area (Å²) in [5, 5.41) is 12.4. The molecule has 0 aromatic heterocycles. The minimum Gasteiger partial charge on any atom is -0.469 e. The highest BCUT2D eigenvalue weighted by molar-refractivity contribution is 5.75. The molecule has 0 spiro atoms. The predicted molar refractivity (Wildman–Crippen MR) is 100 cm³/mol. The van der Waals surface area contributed by atoms with Crippen molar-refractivity contribution in [3.63, 3.8) is 0 Å². The topological polar surface area (TPSA) is 59.0 Å². The molecule has 0 unspecified atom stereocenters. The van der Waals surface area contributed by atoms with Crippen molar-refractivity contribution < 1.29 is 19.5 Å². The summed E-state index contributed by atoms with van der Waals surface area (Å²) >= 11 is 0. The van der Waals surface area contributed by atoms with Crippen molar-refractivity contribution in [1.82, 2.24) is 5.06 Å². The van der Waals surface area contributed by atoms with Crippen LogP contribution in [0.2, 0.25) is 0 Å². The first-order valence-electron chi connectivity index (χ1n) is 10.3. The number of aliphatic hydroxyl groups excluding tert-OH is 1. The normalized spacial score (nSPS) is 43.9. The number of hydrogen-bond donors (Lipinski definition) is 1. The third-order valence-corrected chi connectivity index (χ3v) is 7.90. The van der Waals surface area contributed by atoms with Crippen molar-refractivity contribution in [2.24, 2.45) is 29.1 Å². The van der Waals surface area contributed by atoms with Crippen molar-refractivity contribution in [1.29, 1.82) is 0 Å². The molecule has 0 radical (unpaired) electrons. The Morgan fingerprint density at radius 3 is 2.65 bits per heavy atom. The van der Waals surface area contributed by atoms with Gasteiger partial charge in [0.05, 0.1) is 24.9 Å². The summed E-state index contributed by atoms with van der Waals surface area (Å²) in [6.07, 6.45) is 6.40. The smallest absolute Gasteiger partial charge is 0.313 e. The Bertz CT molecular complexity index is 536. The first-order valence-corrected chi connectivity index (χ1v) is 10.3. The summed E-state index contributed by atoms with van der Waals surface area (Å²) in [6.45, 7) is 8.66. The van der Waals surface area contributed by atoms with Crippen LogP contribution in [0, 0.1) is 29.1 Å². The van der Waals surface area contributed by atoms with Crippen LogP contribution in [0.4, 0.5) is 0 Å². The van der Waals surface area contributed by atoms with Gasteiger partial charge in [-0.05, 0) is 69.1 Å². The molecule has 2 aliphatic carbocycles. The molecule has 1 aliphatic heterocycles. The number of rotatable bonds is 4. The van der Waals surface area contributed by atoms with Gasteiger partial charge in [-0.25, -0.2) is 0 Å². The van der Waals surface area contributed by atoms with Gasteiger partial charge in [0.1, 0.15) is 5.92 Å². The molecular formula is C21H37NO4. The number of aliphatic hydroxyl groups is 1. The van der Waals surface area contributed by atoms with Gasteiger partial charge in [-0.2, -0.15) is 5.06 Å². The van der Waals surface area contributed by atoms with E-state index in [-0.39, 0.29) is 29.4 Å². The Kier molecular flexibility index (Phi) is 5.46. The number of fused-ring (bicyclic) bond motifs is 1. The van der Waals surface area contributed by atoms with Gasteiger partial charge in [-0.3, -0.25) is 9.63 Å². The maximum absolute atomic E-state index is 12.5. The molecule has 26 heavy (non-hydrogen) atoms. The lowest BCUT2D eigenvalue weighted by Gasteiger charge is -2.45. The summed E-state index contributed by atoms with van der Waals surface area (Å²) in [6, 6.07) is 0.0311. The molecule has 0 aromatic carbocycles. The molecule has 1 heterocycles. The number of hydroxylamine groups is 2. The molecule has 0 bridgehead atoms. The number of carbonyl (C=O) groups is 1. The predicted octanol–water partition coefficient (Wildman–Crippen LogP) is 3.40. The van der Waals surface area contributed by atoms with Gasteiger partial charge in [0, 0.05) is 7.05 Å². The van der Waals surface area contributed by atoms with Gasteiger partial charge in [0.2, 0.25) is 0 Å². The van der Waals surface area contributed by atoms with Crippen LogP contribution in [0.3, 0.4) is 0 Å². The summed E-state index contributed by atoms with van der Waals surface area (Å²) in [4.78, 5) is 18.5. The zero-order valence-electron chi connectivity index (χ0n) is 17.3. The van der Waals surface area contributed by atoms with Crippen LogP contribution in [0.1, 0.15) is 66.2 Å². The Balaban J connectivity index is 1.76. The molecule has 3 rings (SSSR count). The fraction of sp³-hybridized carbons (Fsp3) is 0.952. The number of nitrogens with zero attached hydrogens (tertiary/aromatic N) is 1. The van der Waals surface area contributed by atoms with Gasteiger partial charge in [-0.15, -0.1) is 0 Å². The van der Waals surface area contributed by atoms with Crippen LogP contribution in [0.5, 0.6) is 0 Å². The molecule has 150 valence electrons. The van der Waals surface area contributed by atoms with Crippen molar-refractivity contribution in [3.8, 4) is 0 Å². The largest absolute Gasteiger partial charge is 0.469 e. The number of methoxy groups -OCH3 is 1. The molecular weight excluding hydrogens is 330 g/mol. The quantitative estimate of drug-likeness (QED) is 0.772. The number of hydrogen-bond acceptors (Lipinski definition) is 5. The molecule has 5 nitrogen and oxygen atoms in total. The Hall–Kier alpha value is -0.650. The van der Waals surface area contributed by atoms with E-state index in [1.54, 1.807) is 0 Å². The van der Waals surface area contributed by atoms with Gasteiger partial charge in [-0.1, -0.05) is 20.3 Å². The molecule has 7 atom stereocenters. The first-order chi connectivity index (χ1) is 12.1. The SMILES string of the molecule is COC(=O)[C@H]1[C@H](C[C@@H](C)[C@H]2CC[C@@H]3[C@@H](O)CCC[C@]23C)N(C)OC1(C)C. The molecule has 3 fully saturated rings. The van der Waals surface area contributed by atoms with E-state index in [2.05, 4.69) is 13.8 Å². The number of esters is 1. The second kappa shape index (κ2) is 7.06. The lowest BCUT2D eigenvalue weighted by Crippen LogP contribution is -2.44. The summed E-state index contributed by atoms with van der Waals surface area (Å²) in [5.41, 5.74) is -0.319. The second-order valence-corrected chi connectivity index (χ2v) is 9.78. The zero-order valence-corrected chi connectivity index (χ0v) is 17.3. The minimum absolute atomic E-state index is 0.0311. The number of ether oxygens (including phenoxy) is 1. The third kappa shape index (κ3) is 3.20. The van der Waals surface area contributed by atoms with Crippen molar-refractivity contribution in [3.05, 3.63) is 0 Å². The fourth-order valence-corrected chi connectivity index (χ4v) is 6.69. The second-order valence-electron chi connectivity index (χ2n) is 9.78. The van der Waals surface area contributed by atoms with E-state index in [9.17, 15) is 9.90 Å². The highest BCUT2D eigenvalue weighted by atomic mass is 16.7. The van der Waals surface area contributed by atoms with E-state index in [4.69, 9.17) is 9.57 Å². The average Bonchev–Trinajstić information content (AvgIpc) is 3.01. The molecule has 1 N–H and O–H groups in total. The highest BCUT2D eigenvalue weighted by Crippen LogP contribution is 2.58. The maximum atomic E-state index is 12.5. The molecule has 0 amide bonds. The monoisotopic (exact) mass is 367 g/mol. The van der Waals surface area contributed by atoms with E-state index in [1.807, 2.05) is 26.0 Å². The lowest BCUT2D eigenvalue weighted by atomic mass is 9.61. The Morgan fingerprint density at radius 1 is 1.31 bits per heavy atom. The summed E-state index contributed by atoms with van der Waals surface area (Å²) in [7, 11) is 3.40. The van der Waals surface area contributed by atoms with Crippen LogP contribution < -0.4 is 0 Å². The van der Waals surface area contributed by atoms with Crippen LogP contribution in [0.15, 0.2) is 0 Å². The summed E-state index contributed by atoms with van der Waals surface area (Å²) in [5.74, 6) is 1.06. The Morgan fingerprint density at radius 2 is 2.00 bits per heavy atom. The maximum Gasteiger partial charge on any atom is 0.313 e. The lowest BCUT2D eigenvalue weighted by molar-refractivity contribution is -0.183. The van der Waals surface area contributed by atoms with Crippen LogP contribution in [0.25, 0.3) is 0 Å². The van der Waals surface area contributed by atoms with E-state index in [0.29, 0.717) is 17.8 Å². The first kappa shape index (κ1) is 20.1. The van der Waals surface area contributed by atoms with Crippen LogP contribution in [-0.4, -0.2) is 48.0 Å². The van der Waals surface area contributed by atoms with E-state index in [0.717, 1.165) is 25.7 Å². The van der Waals surface area contributed by atoms with Gasteiger partial charge in [0.25, 0.3) is 0 Å². The average molecular weight is 368 g/mol. The highest BCUT2D eigenvalue weighted by Gasteiger charge is 2.55. The zero-order chi connectivity index (χ0) is 19.3. The van der Waals surface area contributed by atoms with E-state index < -0.39 is 5.60 Å². The van der Waals surface area contributed by atoms with Crippen LogP contribution >= 0.6 is 0 Å². The van der Waals surface area contributed by atoms with Crippen molar-refractivity contribution >= 4 is 5.97 Å².